The normalized spacial score (nSPS) is 18.9. The molecule has 1 aliphatic heterocycles. The van der Waals surface area contributed by atoms with Gasteiger partial charge in [0.05, 0.1) is 0 Å². The lowest BCUT2D eigenvalue weighted by atomic mass is 9.96. The van der Waals surface area contributed by atoms with Crippen molar-refractivity contribution in [2.24, 2.45) is 5.41 Å². The first kappa shape index (κ1) is 9.60. The fourth-order valence-corrected chi connectivity index (χ4v) is 1.77. The van der Waals surface area contributed by atoms with E-state index in [1.807, 2.05) is 24.3 Å². The monoisotopic (exact) mass is 207 g/mol. The SMILES string of the molecule is CC1(C)C=CN(c2ccc(Cl)cc2)C1. The highest BCUT2D eigenvalue weighted by atomic mass is 35.5. The Morgan fingerprint density at radius 2 is 1.86 bits per heavy atom. The Hall–Kier alpha value is -0.950. The summed E-state index contributed by atoms with van der Waals surface area (Å²) in [6, 6.07) is 7.95. The highest BCUT2D eigenvalue weighted by Crippen LogP contribution is 2.30. The van der Waals surface area contributed by atoms with E-state index in [0.717, 1.165) is 11.6 Å². The average Bonchev–Trinajstić information content (AvgIpc) is 2.47. The third-order valence-corrected chi connectivity index (χ3v) is 2.69. The number of hydrogen-bond acceptors (Lipinski definition) is 1. The van der Waals surface area contributed by atoms with Crippen molar-refractivity contribution in [3.8, 4) is 0 Å². The van der Waals surface area contributed by atoms with Crippen LogP contribution in [0, 0.1) is 5.41 Å². The number of nitrogens with zero attached hydrogens (tertiary/aromatic N) is 1. The maximum atomic E-state index is 5.84. The maximum Gasteiger partial charge on any atom is 0.0407 e. The van der Waals surface area contributed by atoms with Crippen LogP contribution in [0.25, 0.3) is 0 Å². The molecule has 0 radical (unpaired) electrons. The fourth-order valence-electron chi connectivity index (χ4n) is 1.65. The molecule has 14 heavy (non-hydrogen) atoms. The van der Waals surface area contributed by atoms with Crippen molar-refractivity contribution < 1.29 is 0 Å². The largest absolute Gasteiger partial charge is 0.347 e. The molecule has 0 aromatic heterocycles. The molecule has 2 rings (SSSR count). The predicted octanol–water partition coefficient (Wildman–Crippen LogP) is 3.70. The van der Waals surface area contributed by atoms with Crippen molar-refractivity contribution in [2.45, 2.75) is 13.8 Å². The second-order valence-corrected chi connectivity index (χ2v) is 4.85. The van der Waals surface area contributed by atoms with Gasteiger partial charge in [-0.3, -0.25) is 0 Å². The Morgan fingerprint density at radius 3 is 2.36 bits per heavy atom. The van der Waals surface area contributed by atoms with Crippen molar-refractivity contribution in [2.75, 3.05) is 11.4 Å². The van der Waals surface area contributed by atoms with E-state index in [9.17, 15) is 0 Å². The number of benzene rings is 1. The summed E-state index contributed by atoms with van der Waals surface area (Å²) in [5.41, 5.74) is 1.48. The zero-order valence-electron chi connectivity index (χ0n) is 8.50. The molecule has 1 aliphatic rings. The number of rotatable bonds is 1. The first-order valence-corrected chi connectivity index (χ1v) is 5.16. The van der Waals surface area contributed by atoms with E-state index in [0.29, 0.717) is 0 Å². The molecular weight excluding hydrogens is 194 g/mol. The summed E-state index contributed by atoms with van der Waals surface area (Å²) in [4.78, 5) is 2.25. The van der Waals surface area contributed by atoms with Crippen LogP contribution in [0.15, 0.2) is 36.5 Å². The van der Waals surface area contributed by atoms with Crippen LogP contribution in [-0.2, 0) is 0 Å². The van der Waals surface area contributed by atoms with Gasteiger partial charge in [-0.1, -0.05) is 31.5 Å². The molecule has 1 nitrogen and oxygen atoms in total. The highest BCUT2D eigenvalue weighted by Gasteiger charge is 2.23. The van der Waals surface area contributed by atoms with E-state index in [-0.39, 0.29) is 5.41 Å². The fraction of sp³-hybridized carbons (Fsp3) is 0.333. The molecule has 2 heteroatoms. The van der Waals surface area contributed by atoms with Crippen molar-refractivity contribution in [3.63, 3.8) is 0 Å². The maximum absolute atomic E-state index is 5.84. The molecule has 0 saturated heterocycles. The average molecular weight is 208 g/mol. The second-order valence-electron chi connectivity index (χ2n) is 4.41. The standard InChI is InChI=1S/C12H14ClN/c1-12(2)7-8-14(9-12)11-5-3-10(13)4-6-11/h3-8H,9H2,1-2H3. The molecule has 0 aliphatic carbocycles. The van der Waals surface area contributed by atoms with Gasteiger partial charge in [0.2, 0.25) is 0 Å². The first-order chi connectivity index (χ1) is 6.57. The van der Waals surface area contributed by atoms with E-state index in [1.54, 1.807) is 0 Å². The Kier molecular flexibility index (Phi) is 2.28. The molecule has 0 N–H and O–H groups in total. The Morgan fingerprint density at radius 1 is 1.21 bits per heavy atom. The van der Waals surface area contributed by atoms with Gasteiger partial charge in [-0.25, -0.2) is 0 Å². The van der Waals surface area contributed by atoms with Crippen LogP contribution in [0.1, 0.15) is 13.8 Å². The van der Waals surface area contributed by atoms with Gasteiger partial charge in [0, 0.05) is 28.9 Å². The van der Waals surface area contributed by atoms with Gasteiger partial charge in [0.1, 0.15) is 0 Å². The molecule has 1 aromatic carbocycles. The molecule has 0 bridgehead atoms. The summed E-state index contributed by atoms with van der Waals surface area (Å²) in [7, 11) is 0. The van der Waals surface area contributed by atoms with Crippen LogP contribution in [0.4, 0.5) is 5.69 Å². The molecule has 0 saturated carbocycles. The summed E-state index contributed by atoms with van der Waals surface area (Å²) >= 11 is 5.84. The van der Waals surface area contributed by atoms with Gasteiger partial charge in [0.15, 0.2) is 0 Å². The van der Waals surface area contributed by atoms with Gasteiger partial charge in [-0.05, 0) is 24.3 Å². The lowest BCUT2D eigenvalue weighted by Crippen LogP contribution is -2.22. The summed E-state index contributed by atoms with van der Waals surface area (Å²) < 4.78 is 0. The zero-order valence-corrected chi connectivity index (χ0v) is 9.25. The van der Waals surface area contributed by atoms with E-state index < -0.39 is 0 Å². The molecule has 1 aromatic rings. The van der Waals surface area contributed by atoms with E-state index in [1.165, 1.54) is 5.69 Å². The third kappa shape index (κ3) is 1.93. The van der Waals surface area contributed by atoms with Gasteiger partial charge in [-0.2, -0.15) is 0 Å². The Labute approximate surface area is 90.0 Å². The van der Waals surface area contributed by atoms with Crippen LogP contribution in [0.3, 0.4) is 0 Å². The molecule has 0 unspecified atom stereocenters. The number of anilines is 1. The summed E-state index contributed by atoms with van der Waals surface area (Å²) in [5.74, 6) is 0. The molecule has 0 atom stereocenters. The lowest BCUT2D eigenvalue weighted by molar-refractivity contribution is 0.516. The van der Waals surface area contributed by atoms with Crippen molar-refractivity contribution in [1.82, 2.24) is 0 Å². The smallest absolute Gasteiger partial charge is 0.0407 e. The number of halogens is 1. The molecule has 0 amide bonds. The predicted molar refractivity (Wildman–Crippen MR) is 61.7 cm³/mol. The van der Waals surface area contributed by atoms with Crippen molar-refractivity contribution in [3.05, 3.63) is 41.6 Å². The topological polar surface area (TPSA) is 3.24 Å². The van der Waals surface area contributed by atoms with Gasteiger partial charge in [-0.15, -0.1) is 0 Å². The van der Waals surface area contributed by atoms with Crippen LogP contribution >= 0.6 is 11.6 Å². The van der Waals surface area contributed by atoms with E-state index in [4.69, 9.17) is 11.6 Å². The molecule has 74 valence electrons. The molecule has 0 spiro atoms. The van der Waals surface area contributed by atoms with Crippen molar-refractivity contribution >= 4 is 17.3 Å². The highest BCUT2D eigenvalue weighted by molar-refractivity contribution is 6.30. The van der Waals surface area contributed by atoms with Gasteiger partial charge >= 0.3 is 0 Å². The minimum atomic E-state index is 0.277. The minimum absolute atomic E-state index is 0.277. The Bertz CT molecular complexity index is 351. The Balaban J connectivity index is 2.19. The van der Waals surface area contributed by atoms with Gasteiger partial charge < -0.3 is 4.90 Å². The lowest BCUT2D eigenvalue weighted by Gasteiger charge is -2.21. The summed E-state index contributed by atoms with van der Waals surface area (Å²) in [6.45, 7) is 5.51. The number of hydrogen-bond donors (Lipinski definition) is 0. The van der Waals surface area contributed by atoms with Gasteiger partial charge in [0.25, 0.3) is 0 Å². The van der Waals surface area contributed by atoms with E-state index >= 15 is 0 Å². The van der Waals surface area contributed by atoms with Crippen LogP contribution in [0.2, 0.25) is 5.02 Å². The van der Waals surface area contributed by atoms with E-state index in [2.05, 4.69) is 31.0 Å². The second kappa shape index (κ2) is 3.32. The quantitative estimate of drug-likeness (QED) is 0.679. The molecule has 0 fully saturated rings. The molecular formula is C12H14ClN. The summed E-state index contributed by atoms with van der Waals surface area (Å²) in [5, 5.41) is 0.788. The molecule has 1 heterocycles. The zero-order chi connectivity index (χ0) is 10.2. The third-order valence-electron chi connectivity index (χ3n) is 2.44. The van der Waals surface area contributed by atoms with Crippen molar-refractivity contribution in [1.29, 1.82) is 0 Å². The summed E-state index contributed by atoms with van der Waals surface area (Å²) in [6.07, 6.45) is 4.38. The minimum Gasteiger partial charge on any atom is -0.347 e. The van der Waals surface area contributed by atoms with Crippen LogP contribution < -0.4 is 4.90 Å². The van der Waals surface area contributed by atoms with Crippen LogP contribution in [-0.4, -0.2) is 6.54 Å². The first-order valence-electron chi connectivity index (χ1n) is 4.78. The van der Waals surface area contributed by atoms with Crippen LogP contribution in [0.5, 0.6) is 0 Å².